The van der Waals surface area contributed by atoms with Crippen molar-refractivity contribution in [3.8, 4) is 10.8 Å². The van der Waals surface area contributed by atoms with Crippen LogP contribution < -0.4 is 0 Å². The molecule has 2 aromatic rings. The van der Waals surface area contributed by atoms with Crippen LogP contribution in [-0.2, 0) is 0 Å². The van der Waals surface area contributed by atoms with Crippen LogP contribution in [0.15, 0.2) is 22.8 Å². The molecule has 68 valence electrons. The molecule has 2 heterocycles. The number of aromatic nitrogens is 2. The van der Waals surface area contributed by atoms with Crippen molar-refractivity contribution in [2.45, 2.75) is 12.3 Å². The monoisotopic (exact) mass is 214 g/mol. The van der Waals surface area contributed by atoms with Gasteiger partial charge in [-0.1, -0.05) is 11.3 Å². The fourth-order valence-electron chi connectivity index (χ4n) is 0.895. The zero-order chi connectivity index (χ0) is 9.26. The number of halogens is 1. The number of alkyl halides is 1. The summed E-state index contributed by atoms with van der Waals surface area (Å²) in [5.74, 6) is 0.737. The van der Waals surface area contributed by atoms with Gasteiger partial charge >= 0.3 is 0 Å². The van der Waals surface area contributed by atoms with Crippen LogP contribution in [0.1, 0.15) is 17.3 Å². The lowest BCUT2D eigenvalue weighted by Gasteiger charge is -1.90. The molecule has 1 atom stereocenters. The van der Waals surface area contributed by atoms with Crippen LogP contribution >= 0.6 is 22.9 Å². The molecule has 0 aliphatic carbocycles. The van der Waals surface area contributed by atoms with Gasteiger partial charge in [-0.25, -0.2) is 0 Å². The molecular formula is C8H7ClN2OS. The fourth-order valence-corrected chi connectivity index (χ4v) is 1.81. The van der Waals surface area contributed by atoms with Crippen molar-refractivity contribution in [3.63, 3.8) is 0 Å². The highest BCUT2D eigenvalue weighted by Gasteiger charge is 2.11. The van der Waals surface area contributed by atoms with Gasteiger partial charge in [-0.05, 0) is 19.1 Å². The maximum absolute atomic E-state index is 5.86. The molecular weight excluding hydrogens is 208 g/mol. The molecule has 3 nitrogen and oxygen atoms in total. The summed E-state index contributed by atoms with van der Waals surface area (Å²) in [6.07, 6.45) is 1.61. The molecule has 0 saturated carbocycles. The van der Waals surface area contributed by atoms with Gasteiger partial charge in [0, 0.05) is 0 Å². The molecule has 0 radical (unpaired) electrons. The standard InChI is InChI=1S/C8H7ClN2OS/c1-5(9)7-10-11-8(13-7)6-3-2-4-12-6/h2-5H,1H3. The van der Waals surface area contributed by atoms with Crippen molar-refractivity contribution in [1.29, 1.82) is 0 Å². The summed E-state index contributed by atoms with van der Waals surface area (Å²) in [5.41, 5.74) is 0. The van der Waals surface area contributed by atoms with Crippen molar-refractivity contribution >= 4 is 22.9 Å². The lowest BCUT2D eigenvalue weighted by Crippen LogP contribution is -1.80. The average molecular weight is 215 g/mol. The molecule has 0 saturated heterocycles. The third-order valence-corrected chi connectivity index (χ3v) is 2.97. The average Bonchev–Trinajstić information content (AvgIpc) is 2.75. The van der Waals surface area contributed by atoms with E-state index in [2.05, 4.69) is 10.2 Å². The quantitative estimate of drug-likeness (QED) is 0.722. The Hall–Kier alpha value is -0.870. The zero-order valence-electron chi connectivity index (χ0n) is 6.90. The molecule has 13 heavy (non-hydrogen) atoms. The first-order chi connectivity index (χ1) is 6.27. The van der Waals surface area contributed by atoms with Crippen molar-refractivity contribution in [2.24, 2.45) is 0 Å². The second kappa shape index (κ2) is 3.47. The number of hydrogen-bond acceptors (Lipinski definition) is 4. The SMILES string of the molecule is CC(Cl)c1nnc(-c2ccco2)s1. The molecule has 2 rings (SSSR count). The van der Waals surface area contributed by atoms with Crippen LogP contribution in [0.25, 0.3) is 10.8 Å². The highest BCUT2D eigenvalue weighted by atomic mass is 35.5. The van der Waals surface area contributed by atoms with Crippen molar-refractivity contribution < 1.29 is 4.42 Å². The maximum atomic E-state index is 5.86. The Labute approximate surface area is 84.4 Å². The largest absolute Gasteiger partial charge is 0.462 e. The Morgan fingerprint density at radius 3 is 2.92 bits per heavy atom. The van der Waals surface area contributed by atoms with E-state index in [0.717, 1.165) is 15.8 Å². The number of hydrogen-bond donors (Lipinski definition) is 0. The van der Waals surface area contributed by atoms with Crippen molar-refractivity contribution in [1.82, 2.24) is 10.2 Å². The Morgan fingerprint density at radius 1 is 1.54 bits per heavy atom. The predicted molar refractivity (Wildman–Crippen MR) is 51.9 cm³/mol. The van der Waals surface area contributed by atoms with E-state index >= 15 is 0 Å². The molecule has 1 unspecified atom stereocenters. The predicted octanol–water partition coefficient (Wildman–Crippen LogP) is 3.10. The summed E-state index contributed by atoms with van der Waals surface area (Å²) in [5, 5.41) is 9.41. The molecule has 0 aromatic carbocycles. The van der Waals surface area contributed by atoms with Crippen LogP contribution in [0.5, 0.6) is 0 Å². The Balaban J connectivity index is 2.33. The summed E-state index contributed by atoms with van der Waals surface area (Å²) in [7, 11) is 0. The van der Waals surface area contributed by atoms with Crippen molar-refractivity contribution in [3.05, 3.63) is 23.4 Å². The second-order valence-electron chi connectivity index (χ2n) is 2.54. The highest BCUT2D eigenvalue weighted by molar-refractivity contribution is 7.14. The summed E-state index contributed by atoms with van der Waals surface area (Å²) in [6.45, 7) is 1.87. The molecule has 0 spiro atoms. The zero-order valence-corrected chi connectivity index (χ0v) is 8.47. The molecule has 5 heteroatoms. The van der Waals surface area contributed by atoms with Gasteiger partial charge in [-0.15, -0.1) is 21.8 Å². The van der Waals surface area contributed by atoms with E-state index in [1.54, 1.807) is 6.26 Å². The van der Waals surface area contributed by atoms with Gasteiger partial charge in [0.15, 0.2) is 10.8 Å². The first-order valence-corrected chi connectivity index (χ1v) is 5.04. The first kappa shape index (κ1) is 8.72. The minimum atomic E-state index is -0.0961. The van der Waals surface area contributed by atoms with E-state index < -0.39 is 0 Å². The topological polar surface area (TPSA) is 38.9 Å². The number of furan rings is 1. The Kier molecular flexibility index (Phi) is 2.33. The fraction of sp³-hybridized carbons (Fsp3) is 0.250. The van der Waals surface area contributed by atoms with Gasteiger partial charge in [-0.3, -0.25) is 0 Å². The third kappa shape index (κ3) is 1.73. The van der Waals surface area contributed by atoms with Crippen LogP contribution in [0.2, 0.25) is 0 Å². The summed E-state index contributed by atoms with van der Waals surface area (Å²) in [4.78, 5) is 0. The molecule has 2 aromatic heterocycles. The Morgan fingerprint density at radius 2 is 2.38 bits per heavy atom. The summed E-state index contributed by atoms with van der Waals surface area (Å²) in [6, 6.07) is 3.67. The van der Waals surface area contributed by atoms with Crippen LogP contribution in [0, 0.1) is 0 Å². The smallest absolute Gasteiger partial charge is 0.183 e. The first-order valence-electron chi connectivity index (χ1n) is 3.78. The van der Waals surface area contributed by atoms with Crippen molar-refractivity contribution in [2.75, 3.05) is 0 Å². The molecule has 0 amide bonds. The molecule has 0 bridgehead atoms. The molecule has 0 N–H and O–H groups in total. The Bertz CT molecular complexity index is 383. The molecule has 0 fully saturated rings. The minimum Gasteiger partial charge on any atom is -0.462 e. The van der Waals surface area contributed by atoms with Crippen LogP contribution in [0.3, 0.4) is 0 Å². The number of nitrogens with zero attached hydrogens (tertiary/aromatic N) is 2. The summed E-state index contributed by atoms with van der Waals surface area (Å²) >= 11 is 7.31. The van der Waals surface area contributed by atoms with Gasteiger partial charge in [0.2, 0.25) is 0 Å². The second-order valence-corrected chi connectivity index (χ2v) is 4.20. The van der Waals surface area contributed by atoms with E-state index in [0.29, 0.717) is 0 Å². The highest BCUT2D eigenvalue weighted by Crippen LogP contribution is 2.29. The molecule has 0 aliphatic heterocycles. The van der Waals surface area contributed by atoms with Gasteiger partial charge in [-0.2, -0.15) is 0 Å². The minimum absolute atomic E-state index is 0.0961. The van der Waals surface area contributed by atoms with E-state index in [4.69, 9.17) is 16.0 Å². The normalized spacial score (nSPS) is 13.1. The third-order valence-electron chi connectivity index (χ3n) is 1.51. The van der Waals surface area contributed by atoms with E-state index in [9.17, 15) is 0 Å². The summed E-state index contributed by atoms with van der Waals surface area (Å²) < 4.78 is 5.18. The van der Waals surface area contributed by atoms with E-state index in [1.165, 1.54) is 11.3 Å². The number of rotatable bonds is 2. The maximum Gasteiger partial charge on any atom is 0.183 e. The van der Waals surface area contributed by atoms with E-state index in [-0.39, 0.29) is 5.38 Å². The lowest BCUT2D eigenvalue weighted by atomic mass is 10.5. The molecule has 0 aliphatic rings. The van der Waals surface area contributed by atoms with Gasteiger partial charge in [0.05, 0.1) is 11.6 Å². The van der Waals surface area contributed by atoms with Gasteiger partial charge in [0.1, 0.15) is 5.01 Å². The van der Waals surface area contributed by atoms with Gasteiger partial charge < -0.3 is 4.42 Å². The van der Waals surface area contributed by atoms with E-state index in [1.807, 2.05) is 19.1 Å². The van der Waals surface area contributed by atoms with Gasteiger partial charge in [0.25, 0.3) is 0 Å². The lowest BCUT2D eigenvalue weighted by molar-refractivity contribution is 0.581. The van der Waals surface area contributed by atoms with Crippen LogP contribution in [-0.4, -0.2) is 10.2 Å². The van der Waals surface area contributed by atoms with Crippen LogP contribution in [0.4, 0.5) is 0 Å².